The van der Waals surface area contributed by atoms with Crippen molar-refractivity contribution in [2.24, 2.45) is 11.3 Å². The molecule has 0 spiro atoms. The van der Waals surface area contributed by atoms with Crippen molar-refractivity contribution < 1.29 is 4.74 Å². The number of pyridine rings is 1. The van der Waals surface area contributed by atoms with E-state index in [0.29, 0.717) is 11.5 Å². The van der Waals surface area contributed by atoms with E-state index < -0.39 is 0 Å². The SMILES string of the molecule is CC(C)(C)C1CCC(Oc2ccc3nc(CN4CCC4)cc(Br)c3c2)CC1. The minimum Gasteiger partial charge on any atom is -0.490 e. The maximum absolute atomic E-state index is 6.34. The number of nitrogens with zero attached hydrogens (tertiary/aromatic N) is 2. The number of hydrogen-bond donors (Lipinski definition) is 0. The zero-order valence-corrected chi connectivity index (χ0v) is 18.4. The number of likely N-dealkylation sites (tertiary alicyclic amines) is 1. The third-order valence-electron chi connectivity index (χ3n) is 6.32. The van der Waals surface area contributed by atoms with E-state index >= 15 is 0 Å². The fourth-order valence-corrected chi connectivity index (χ4v) is 4.96. The van der Waals surface area contributed by atoms with Gasteiger partial charge in [0.05, 0.1) is 17.3 Å². The van der Waals surface area contributed by atoms with Gasteiger partial charge in [-0.3, -0.25) is 9.88 Å². The summed E-state index contributed by atoms with van der Waals surface area (Å²) in [6, 6.07) is 8.51. The van der Waals surface area contributed by atoms with Gasteiger partial charge in [0.1, 0.15) is 5.75 Å². The number of benzene rings is 1. The van der Waals surface area contributed by atoms with Crippen molar-refractivity contribution >= 4 is 26.8 Å². The Labute approximate surface area is 171 Å². The topological polar surface area (TPSA) is 25.4 Å². The molecule has 4 rings (SSSR count). The molecule has 1 aliphatic carbocycles. The second-order valence-electron chi connectivity index (χ2n) is 9.36. The Bertz CT molecular complexity index is 802. The molecule has 146 valence electrons. The number of hydrogen-bond acceptors (Lipinski definition) is 3. The van der Waals surface area contributed by atoms with E-state index in [1.807, 2.05) is 0 Å². The van der Waals surface area contributed by atoms with Crippen LogP contribution in [0.25, 0.3) is 10.9 Å². The predicted octanol–water partition coefficient (Wildman–Crippen LogP) is 6.19. The molecule has 4 heteroatoms. The van der Waals surface area contributed by atoms with Crippen molar-refractivity contribution in [1.29, 1.82) is 0 Å². The summed E-state index contributed by atoms with van der Waals surface area (Å²) >= 11 is 3.75. The molecule has 1 saturated heterocycles. The third kappa shape index (κ3) is 4.48. The van der Waals surface area contributed by atoms with Crippen molar-refractivity contribution in [2.45, 2.75) is 65.5 Å². The largest absolute Gasteiger partial charge is 0.490 e. The number of halogens is 1. The van der Waals surface area contributed by atoms with Crippen LogP contribution >= 0.6 is 15.9 Å². The van der Waals surface area contributed by atoms with E-state index in [1.165, 1.54) is 32.4 Å². The van der Waals surface area contributed by atoms with E-state index in [4.69, 9.17) is 9.72 Å². The smallest absolute Gasteiger partial charge is 0.120 e. The van der Waals surface area contributed by atoms with Crippen LogP contribution in [-0.2, 0) is 6.54 Å². The van der Waals surface area contributed by atoms with Crippen LogP contribution in [0.1, 0.15) is 58.6 Å². The Hall–Kier alpha value is -1.13. The second kappa shape index (κ2) is 7.71. The summed E-state index contributed by atoms with van der Waals surface area (Å²) in [7, 11) is 0. The Morgan fingerprint density at radius 1 is 1.11 bits per heavy atom. The minimum atomic E-state index is 0.346. The van der Waals surface area contributed by atoms with E-state index in [-0.39, 0.29) is 0 Å². The highest BCUT2D eigenvalue weighted by Crippen LogP contribution is 2.39. The zero-order chi connectivity index (χ0) is 19.0. The molecule has 1 aliphatic heterocycles. The van der Waals surface area contributed by atoms with E-state index in [1.54, 1.807) is 0 Å². The molecule has 0 bridgehead atoms. The van der Waals surface area contributed by atoms with Gasteiger partial charge in [0.25, 0.3) is 0 Å². The summed E-state index contributed by atoms with van der Waals surface area (Å²) in [5, 5.41) is 1.14. The summed E-state index contributed by atoms with van der Waals surface area (Å²) in [5.41, 5.74) is 2.60. The van der Waals surface area contributed by atoms with Crippen molar-refractivity contribution in [3.05, 3.63) is 34.4 Å². The number of ether oxygens (including phenoxy) is 1. The zero-order valence-electron chi connectivity index (χ0n) is 16.8. The summed E-state index contributed by atoms with van der Waals surface area (Å²) in [6.45, 7) is 10.4. The average Bonchev–Trinajstić information content (AvgIpc) is 2.58. The Kier molecular flexibility index (Phi) is 5.48. The lowest BCUT2D eigenvalue weighted by Gasteiger charge is -2.37. The first-order valence-corrected chi connectivity index (χ1v) is 11.2. The van der Waals surface area contributed by atoms with E-state index in [2.05, 4.69) is 65.9 Å². The fourth-order valence-electron chi connectivity index (χ4n) is 4.38. The van der Waals surface area contributed by atoms with Crippen molar-refractivity contribution in [2.75, 3.05) is 13.1 Å². The van der Waals surface area contributed by atoms with Gasteiger partial charge in [-0.05, 0) is 80.8 Å². The van der Waals surface area contributed by atoms with Gasteiger partial charge in [0.15, 0.2) is 0 Å². The molecule has 1 aromatic carbocycles. The number of rotatable bonds is 4. The van der Waals surface area contributed by atoms with Crippen molar-refractivity contribution in [1.82, 2.24) is 9.88 Å². The lowest BCUT2D eigenvalue weighted by atomic mass is 9.72. The first-order chi connectivity index (χ1) is 12.9. The molecule has 2 fully saturated rings. The van der Waals surface area contributed by atoms with Gasteiger partial charge in [0, 0.05) is 16.4 Å². The molecule has 3 nitrogen and oxygen atoms in total. The van der Waals surface area contributed by atoms with Crippen molar-refractivity contribution in [3.8, 4) is 5.75 Å². The Balaban J connectivity index is 1.44. The van der Waals surface area contributed by atoms with Crippen LogP contribution in [0.2, 0.25) is 0 Å². The second-order valence-corrected chi connectivity index (χ2v) is 10.2. The molecular weight excluding hydrogens is 400 g/mol. The lowest BCUT2D eigenvalue weighted by molar-refractivity contribution is 0.0883. The van der Waals surface area contributed by atoms with Crippen LogP contribution < -0.4 is 4.74 Å². The number of fused-ring (bicyclic) bond motifs is 1. The quantitative estimate of drug-likeness (QED) is 0.578. The summed E-state index contributed by atoms with van der Waals surface area (Å²) in [4.78, 5) is 7.29. The molecule has 2 aromatic rings. The van der Waals surface area contributed by atoms with Crippen LogP contribution in [0.5, 0.6) is 5.75 Å². The summed E-state index contributed by atoms with van der Waals surface area (Å²) in [6.07, 6.45) is 6.52. The normalized spacial score (nSPS) is 24.0. The van der Waals surface area contributed by atoms with Crippen molar-refractivity contribution in [3.63, 3.8) is 0 Å². The highest BCUT2D eigenvalue weighted by atomic mass is 79.9. The summed E-state index contributed by atoms with van der Waals surface area (Å²) < 4.78 is 7.46. The predicted molar refractivity (Wildman–Crippen MR) is 115 cm³/mol. The molecule has 2 aliphatic rings. The highest BCUT2D eigenvalue weighted by molar-refractivity contribution is 9.10. The molecular formula is C23H31BrN2O. The number of aromatic nitrogens is 1. The standard InChI is InChI=1S/C23H31BrN2O/c1-23(2,3)16-5-7-18(8-6-16)27-19-9-10-22-20(14-19)21(24)13-17(25-22)15-26-11-4-12-26/h9-10,13-14,16,18H,4-8,11-12,15H2,1-3H3. The third-order valence-corrected chi connectivity index (χ3v) is 6.97. The molecule has 0 N–H and O–H groups in total. The van der Waals surface area contributed by atoms with Gasteiger partial charge in [-0.1, -0.05) is 36.7 Å². The van der Waals surface area contributed by atoms with Crippen LogP contribution in [0.15, 0.2) is 28.7 Å². The average molecular weight is 431 g/mol. The minimum absolute atomic E-state index is 0.346. The van der Waals surface area contributed by atoms with Gasteiger partial charge in [-0.25, -0.2) is 0 Å². The van der Waals surface area contributed by atoms with E-state index in [0.717, 1.165) is 52.1 Å². The van der Waals surface area contributed by atoms with Gasteiger partial charge >= 0.3 is 0 Å². The van der Waals surface area contributed by atoms with Crippen LogP contribution in [0, 0.1) is 11.3 Å². The summed E-state index contributed by atoms with van der Waals surface area (Å²) in [5.74, 6) is 1.79. The molecule has 1 aromatic heterocycles. The van der Waals surface area contributed by atoms with Crippen LogP contribution in [0.3, 0.4) is 0 Å². The van der Waals surface area contributed by atoms with Gasteiger partial charge < -0.3 is 4.74 Å². The Morgan fingerprint density at radius 2 is 1.85 bits per heavy atom. The molecule has 0 amide bonds. The monoisotopic (exact) mass is 430 g/mol. The molecule has 0 atom stereocenters. The van der Waals surface area contributed by atoms with Crippen LogP contribution in [0.4, 0.5) is 0 Å². The molecule has 0 unspecified atom stereocenters. The highest BCUT2D eigenvalue weighted by Gasteiger charge is 2.30. The van der Waals surface area contributed by atoms with Crippen LogP contribution in [-0.4, -0.2) is 29.1 Å². The molecule has 27 heavy (non-hydrogen) atoms. The lowest BCUT2D eigenvalue weighted by Crippen LogP contribution is -2.36. The van der Waals surface area contributed by atoms with Gasteiger partial charge in [-0.15, -0.1) is 0 Å². The van der Waals surface area contributed by atoms with Gasteiger partial charge in [-0.2, -0.15) is 0 Å². The van der Waals surface area contributed by atoms with E-state index in [9.17, 15) is 0 Å². The first kappa shape index (κ1) is 19.2. The maximum atomic E-state index is 6.34. The Morgan fingerprint density at radius 3 is 2.48 bits per heavy atom. The molecule has 2 heterocycles. The molecule has 1 saturated carbocycles. The maximum Gasteiger partial charge on any atom is 0.120 e. The fraction of sp³-hybridized carbons (Fsp3) is 0.609. The van der Waals surface area contributed by atoms with Gasteiger partial charge in [0.2, 0.25) is 0 Å². The molecule has 0 radical (unpaired) electrons. The first-order valence-electron chi connectivity index (χ1n) is 10.4.